The molecule has 2 amide bonds. The van der Waals surface area contributed by atoms with E-state index in [2.05, 4.69) is 5.32 Å². The van der Waals surface area contributed by atoms with E-state index in [-0.39, 0.29) is 24.6 Å². The summed E-state index contributed by atoms with van der Waals surface area (Å²) in [4.78, 5) is 25.3. The highest BCUT2D eigenvalue weighted by Gasteiger charge is 2.45. The summed E-state index contributed by atoms with van der Waals surface area (Å²) < 4.78 is 34.0. The van der Waals surface area contributed by atoms with Crippen molar-refractivity contribution in [2.45, 2.75) is 25.7 Å². The molecule has 1 aromatic carbocycles. The molecule has 5 nitrogen and oxygen atoms in total. The van der Waals surface area contributed by atoms with Crippen molar-refractivity contribution in [3.05, 3.63) is 29.8 Å². The van der Waals surface area contributed by atoms with Gasteiger partial charge in [0.25, 0.3) is 5.91 Å². The molecule has 24 heavy (non-hydrogen) atoms. The van der Waals surface area contributed by atoms with Crippen molar-refractivity contribution in [3.63, 3.8) is 0 Å². The Morgan fingerprint density at radius 3 is 2.58 bits per heavy atom. The first-order valence-electron chi connectivity index (χ1n) is 7.99. The van der Waals surface area contributed by atoms with Gasteiger partial charge in [0.15, 0.2) is 0 Å². The molecule has 1 N–H and O–H groups in total. The number of nitrogens with zero attached hydrogens (tertiary/aromatic N) is 1. The quantitative estimate of drug-likeness (QED) is 0.894. The number of piperidine rings is 1. The first-order valence-corrected chi connectivity index (χ1v) is 7.99. The molecule has 1 atom stereocenters. The third-order valence-corrected chi connectivity index (χ3v) is 4.15. The van der Waals surface area contributed by atoms with Crippen molar-refractivity contribution in [1.82, 2.24) is 10.2 Å². The first-order chi connectivity index (χ1) is 11.4. The number of hydrogen-bond donors (Lipinski definition) is 1. The molecule has 0 bridgehead atoms. The van der Waals surface area contributed by atoms with E-state index in [1.807, 2.05) is 0 Å². The van der Waals surface area contributed by atoms with Crippen molar-refractivity contribution >= 4 is 11.8 Å². The molecule has 0 aliphatic carbocycles. The summed E-state index contributed by atoms with van der Waals surface area (Å²) in [5.74, 6) is -5.08. The van der Waals surface area contributed by atoms with E-state index < -0.39 is 17.7 Å². The van der Waals surface area contributed by atoms with E-state index in [0.717, 1.165) is 4.90 Å². The summed E-state index contributed by atoms with van der Waals surface area (Å²) in [6, 6.07) is 5.15. The monoisotopic (exact) mass is 340 g/mol. The standard InChI is InChI=1S/C17H22F2N2O3/c1-3-20-15(22)12-5-4-10-21(11-12)16(23)17(18,19)13-6-8-14(24-2)9-7-13/h6-9,12H,3-5,10-11H2,1-2H3,(H,20,22). The highest BCUT2D eigenvalue weighted by atomic mass is 19.3. The number of carbonyl (C=O) groups excluding carboxylic acids is 2. The van der Waals surface area contributed by atoms with E-state index in [0.29, 0.717) is 25.1 Å². The minimum absolute atomic E-state index is 0.0242. The van der Waals surface area contributed by atoms with Crippen molar-refractivity contribution in [1.29, 1.82) is 0 Å². The third-order valence-electron chi connectivity index (χ3n) is 4.15. The second-order valence-corrected chi connectivity index (χ2v) is 5.79. The van der Waals surface area contributed by atoms with Gasteiger partial charge < -0.3 is 15.0 Å². The Balaban J connectivity index is 2.11. The van der Waals surface area contributed by atoms with Crippen LogP contribution in [-0.4, -0.2) is 43.5 Å². The molecular weight excluding hydrogens is 318 g/mol. The van der Waals surface area contributed by atoms with Crippen LogP contribution in [0.1, 0.15) is 25.3 Å². The molecule has 0 aromatic heterocycles. The van der Waals surface area contributed by atoms with Crippen LogP contribution < -0.4 is 10.1 Å². The molecule has 1 fully saturated rings. The average molecular weight is 340 g/mol. The average Bonchev–Trinajstić information content (AvgIpc) is 2.61. The lowest BCUT2D eigenvalue weighted by atomic mass is 9.96. The molecule has 1 aromatic rings. The van der Waals surface area contributed by atoms with Gasteiger partial charge in [-0.2, -0.15) is 8.78 Å². The molecule has 1 saturated heterocycles. The van der Waals surface area contributed by atoms with Crippen LogP contribution in [0.15, 0.2) is 24.3 Å². The minimum atomic E-state index is -3.63. The summed E-state index contributed by atoms with van der Waals surface area (Å²) in [5, 5.41) is 2.68. The van der Waals surface area contributed by atoms with E-state index in [1.54, 1.807) is 6.92 Å². The second kappa shape index (κ2) is 7.59. The largest absolute Gasteiger partial charge is 0.497 e. The summed E-state index contributed by atoms with van der Waals surface area (Å²) >= 11 is 0. The number of alkyl halides is 2. The molecule has 0 saturated carbocycles. The SMILES string of the molecule is CCNC(=O)C1CCCN(C(=O)C(F)(F)c2ccc(OC)cc2)C1. The molecule has 1 aliphatic rings. The Bertz CT molecular complexity index is 590. The molecule has 1 unspecified atom stereocenters. The number of benzene rings is 1. The maximum Gasteiger partial charge on any atom is 0.349 e. The van der Waals surface area contributed by atoms with Crippen LogP contribution >= 0.6 is 0 Å². The zero-order valence-corrected chi connectivity index (χ0v) is 13.9. The summed E-state index contributed by atoms with van der Waals surface area (Å²) in [7, 11) is 1.44. The van der Waals surface area contributed by atoms with Crippen molar-refractivity contribution in [2.24, 2.45) is 5.92 Å². The smallest absolute Gasteiger partial charge is 0.349 e. The molecule has 1 aliphatic heterocycles. The van der Waals surface area contributed by atoms with Crippen LogP contribution in [0, 0.1) is 5.92 Å². The number of ether oxygens (including phenoxy) is 1. The van der Waals surface area contributed by atoms with Gasteiger partial charge in [0.2, 0.25) is 5.91 Å². The normalized spacial score (nSPS) is 18.2. The predicted molar refractivity (Wildman–Crippen MR) is 84.9 cm³/mol. The van der Waals surface area contributed by atoms with Crippen LogP contribution in [0.4, 0.5) is 8.78 Å². The number of nitrogens with one attached hydrogen (secondary N) is 1. The van der Waals surface area contributed by atoms with Crippen LogP contribution in [0.25, 0.3) is 0 Å². The first kappa shape index (κ1) is 18.2. The van der Waals surface area contributed by atoms with E-state index in [9.17, 15) is 18.4 Å². The topological polar surface area (TPSA) is 58.6 Å². The fourth-order valence-electron chi connectivity index (χ4n) is 2.82. The maximum absolute atomic E-state index is 14.5. The fraction of sp³-hybridized carbons (Fsp3) is 0.529. The van der Waals surface area contributed by atoms with Crippen LogP contribution in [0.3, 0.4) is 0 Å². The molecular formula is C17H22F2N2O3. The Morgan fingerprint density at radius 2 is 2.00 bits per heavy atom. The predicted octanol–water partition coefficient (Wildman–Crippen LogP) is 2.16. The molecule has 1 heterocycles. The zero-order chi connectivity index (χ0) is 17.7. The van der Waals surface area contributed by atoms with Gasteiger partial charge >= 0.3 is 5.92 Å². The molecule has 2 rings (SSSR count). The lowest BCUT2D eigenvalue weighted by Crippen LogP contribution is -2.49. The summed E-state index contributed by atoms with van der Waals surface area (Å²) in [6.45, 7) is 2.53. The van der Waals surface area contributed by atoms with Crippen LogP contribution in [-0.2, 0) is 15.5 Å². The third kappa shape index (κ3) is 3.83. The Labute approximate surface area is 140 Å². The van der Waals surface area contributed by atoms with Gasteiger partial charge in [-0.05, 0) is 44.0 Å². The van der Waals surface area contributed by atoms with Gasteiger partial charge in [0.1, 0.15) is 5.75 Å². The summed E-state index contributed by atoms with van der Waals surface area (Å²) in [6.07, 6.45) is 1.13. The number of carbonyl (C=O) groups is 2. The van der Waals surface area contributed by atoms with Gasteiger partial charge in [-0.25, -0.2) is 0 Å². The molecule has 132 valence electrons. The number of likely N-dealkylation sites (tertiary alicyclic amines) is 1. The van der Waals surface area contributed by atoms with E-state index in [4.69, 9.17) is 4.74 Å². The molecule has 0 radical (unpaired) electrons. The molecule has 0 spiro atoms. The number of hydrogen-bond acceptors (Lipinski definition) is 3. The Kier molecular flexibility index (Phi) is 5.75. The number of halogens is 2. The Morgan fingerprint density at radius 1 is 1.33 bits per heavy atom. The van der Waals surface area contributed by atoms with Crippen molar-refractivity contribution in [2.75, 3.05) is 26.7 Å². The van der Waals surface area contributed by atoms with Gasteiger partial charge in [-0.3, -0.25) is 9.59 Å². The van der Waals surface area contributed by atoms with Gasteiger partial charge in [0, 0.05) is 25.2 Å². The van der Waals surface area contributed by atoms with Crippen molar-refractivity contribution in [3.8, 4) is 5.75 Å². The lowest BCUT2D eigenvalue weighted by Gasteiger charge is -2.34. The highest BCUT2D eigenvalue weighted by molar-refractivity contribution is 5.86. The van der Waals surface area contributed by atoms with E-state index in [1.165, 1.54) is 31.4 Å². The number of amides is 2. The minimum Gasteiger partial charge on any atom is -0.497 e. The summed E-state index contributed by atoms with van der Waals surface area (Å²) in [5.41, 5.74) is -0.381. The highest BCUT2D eigenvalue weighted by Crippen LogP contribution is 2.33. The van der Waals surface area contributed by atoms with Crippen molar-refractivity contribution < 1.29 is 23.1 Å². The van der Waals surface area contributed by atoms with Crippen LogP contribution in [0.2, 0.25) is 0 Å². The van der Waals surface area contributed by atoms with Gasteiger partial charge in [-0.1, -0.05) is 0 Å². The van der Waals surface area contributed by atoms with Crippen LogP contribution in [0.5, 0.6) is 5.75 Å². The van der Waals surface area contributed by atoms with Gasteiger partial charge in [-0.15, -0.1) is 0 Å². The maximum atomic E-state index is 14.5. The Hall–Kier alpha value is -2.18. The second-order valence-electron chi connectivity index (χ2n) is 5.79. The fourth-order valence-corrected chi connectivity index (χ4v) is 2.82. The molecule has 7 heteroatoms. The van der Waals surface area contributed by atoms with E-state index >= 15 is 0 Å². The number of methoxy groups -OCH3 is 1. The van der Waals surface area contributed by atoms with Gasteiger partial charge in [0.05, 0.1) is 13.0 Å². The lowest BCUT2D eigenvalue weighted by molar-refractivity contribution is -0.161. The number of rotatable bonds is 5. The zero-order valence-electron chi connectivity index (χ0n) is 13.9.